The summed E-state index contributed by atoms with van der Waals surface area (Å²) in [6.07, 6.45) is 0. The number of anilines is 1. The fraction of sp³-hybridized carbons (Fsp3) is 0.350. The number of halogens is 1. The molecular formula is C20H28IN3O2. The molecule has 0 saturated carbocycles. The fourth-order valence-electron chi connectivity index (χ4n) is 2.53. The zero-order valence-electron chi connectivity index (χ0n) is 16.0. The summed E-state index contributed by atoms with van der Waals surface area (Å²) in [5, 5.41) is 3.09. The first-order valence-electron chi connectivity index (χ1n) is 8.22. The smallest absolute Gasteiger partial charge is 0.193 e. The summed E-state index contributed by atoms with van der Waals surface area (Å²) < 4.78 is 10.6. The van der Waals surface area contributed by atoms with Gasteiger partial charge in [-0.2, -0.15) is 0 Å². The van der Waals surface area contributed by atoms with Crippen LogP contribution >= 0.6 is 24.0 Å². The van der Waals surface area contributed by atoms with Crippen LogP contribution in [0.15, 0.2) is 47.5 Å². The highest BCUT2D eigenvalue weighted by atomic mass is 127. The van der Waals surface area contributed by atoms with Crippen LogP contribution in [0.1, 0.15) is 25.0 Å². The molecule has 2 aromatic carbocycles. The molecule has 2 rings (SSSR count). The van der Waals surface area contributed by atoms with Crippen LogP contribution in [0, 0.1) is 6.92 Å². The van der Waals surface area contributed by atoms with Crippen molar-refractivity contribution >= 4 is 35.6 Å². The number of hydrogen-bond donors (Lipinski definition) is 2. The van der Waals surface area contributed by atoms with E-state index < -0.39 is 0 Å². The minimum atomic E-state index is -0.114. The van der Waals surface area contributed by atoms with E-state index in [1.165, 1.54) is 11.1 Å². The lowest BCUT2D eigenvalue weighted by Crippen LogP contribution is -2.28. The maximum Gasteiger partial charge on any atom is 0.193 e. The predicted octanol–water partition coefficient (Wildman–Crippen LogP) is 4.33. The van der Waals surface area contributed by atoms with Crippen molar-refractivity contribution in [2.24, 2.45) is 10.7 Å². The van der Waals surface area contributed by atoms with Crippen molar-refractivity contribution in [2.45, 2.75) is 26.2 Å². The Labute approximate surface area is 173 Å². The fourth-order valence-corrected chi connectivity index (χ4v) is 2.53. The molecule has 5 nitrogen and oxygen atoms in total. The van der Waals surface area contributed by atoms with E-state index >= 15 is 0 Å². The quantitative estimate of drug-likeness (QED) is 0.376. The summed E-state index contributed by atoms with van der Waals surface area (Å²) in [6.45, 7) is 6.98. The Morgan fingerprint density at radius 2 is 1.85 bits per heavy atom. The Morgan fingerprint density at radius 1 is 1.12 bits per heavy atom. The Morgan fingerprint density at radius 3 is 2.46 bits per heavy atom. The molecule has 2 aromatic rings. The van der Waals surface area contributed by atoms with Gasteiger partial charge in [-0.15, -0.1) is 24.0 Å². The Bertz CT molecular complexity index is 760. The van der Waals surface area contributed by atoms with Gasteiger partial charge in [0, 0.05) is 11.5 Å². The van der Waals surface area contributed by atoms with Gasteiger partial charge in [0.1, 0.15) is 11.5 Å². The molecule has 0 saturated heterocycles. The van der Waals surface area contributed by atoms with E-state index in [9.17, 15) is 0 Å². The van der Waals surface area contributed by atoms with Crippen LogP contribution in [0.4, 0.5) is 5.69 Å². The van der Waals surface area contributed by atoms with E-state index in [2.05, 4.69) is 55.3 Å². The Kier molecular flexibility index (Phi) is 8.20. The molecule has 3 N–H and O–H groups in total. The van der Waals surface area contributed by atoms with Gasteiger partial charge in [0.15, 0.2) is 5.96 Å². The van der Waals surface area contributed by atoms with Gasteiger partial charge in [-0.1, -0.05) is 43.7 Å². The van der Waals surface area contributed by atoms with Crippen molar-refractivity contribution in [3.05, 3.63) is 53.6 Å². The lowest BCUT2D eigenvalue weighted by molar-refractivity contribution is 0.405. The maximum atomic E-state index is 6.08. The molecule has 0 aliphatic rings. The lowest BCUT2D eigenvalue weighted by Gasteiger charge is -2.24. The summed E-state index contributed by atoms with van der Waals surface area (Å²) in [5.74, 6) is 1.74. The first kappa shape index (κ1) is 22.1. The summed E-state index contributed by atoms with van der Waals surface area (Å²) in [6, 6.07) is 13.9. The van der Waals surface area contributed by atoms with Crippen molar-refractivity contribution in [3.63, 3.8) is 0 Å². The zero-order valence-corrected chi connectivity index (χ0v) is 18.3. The van der Waals surface area contributed by atoms with Gasteiger partial charge in [-0.25, -0.2) is 0 Å². The number of nitrogens with two attached hydrogens (primary N) is 1. The van der Waals surface area contributed by atoms with E-state index in [0.29, 0.717) is 18.3 Å². The van der Waals surface area contributed by atoms with Crippen molar-refractivity contribution in [1.29, 1.82) is 0 Å². The molecule has 6 heteroatoms. The van der Waals surface area contributed by atoms with Gasteiger partial charge >= 0.3 is 0 Å². The normalized spacial score (nSPS) is 11.5. The van der Waals surface area contributed by atoms with E-state index in [1.54, 1.807) is 14.2 Å². The zero-order chi connectivity index (χ0) is 18.4. The number of benzene rings is 2. The number of aliphatic imine (C=N–C) groups is 1. The minimum absolute atomic E-state index is 0. The number of hydrogen-bond acceptors (Lipinski definition) is 3. The molecule has 0 atom stereocenters. The topological polar surface area (TPSA) is 68.9 Å². The second-order valence-corrected chi connectivity index (χ2v) is 6.65. The summed E-state index contributed by atoms with van der Waals surface area (Å²) in [7, 11) is 3.23. The number of aryl methyl sites for hydroxylation is 1. The molecule has 0 bridgehead atoms. The summed E-state index contributed by atoms with van der Waals surface area (Å²) in [4.78, 5) is 4.52. The van der Waals surface area contributed by atoms with Gasteiger partial charge in [0.2, 0.25) is 0 Å². The third-order valence-corrected chi connectivity index (χ3v) is 4.11. The molecule has 26 heavy (non-hydrogen) atoms. The molecule has 0 amide bonds. The number of methoxy groups -OCH3 is 2. The standard InChI is InChI=1S/C20H27N3O2.HI/c1-14-7-6-8-15(11-14)20(2,3)13-22-19(21)23-17-12-16(24-4)9-10-18(17)25-5;/h6-12H,13H2,1-5H3,(H3,21,22,23);1H. The largest absolute Gasteiger partial charge is 0.497 e. The van der Waals surface area contributed by atoms with Crippen LogP contribution in [-0.2, 0) is 5.41 Å². The highest BCUT2D eigenvalue weighted by Crippen LogP contribution is 2.29. The molecule has 0 heterocycles. The minimum Gasteiger partial charge on any atom is -0.497 e. The summed E-state index contributed by atoms with van der Waals surface area (Å²) >= 11 is 0. The third kappa shape index (κ3) is 5.79. The first-order valence-corrected chi connectivity index (χ1v) is 8.22. The van der Waals surface area contributed by atoms with Gasteiger partial charge in [-0.05, 0) is 24.6 Å². The lowest BCUT2D eigenvalue weighted by atomic mass is 9.84. The van der Waals surface area contributed by atoms with E-state index in [-0.39, 0.29) is 29.4 Å². The number of nitrogens with one attached hydrogen (secondary N) is 1. The van der Waals surface area contributed by atoms with Gasteiger partial charge in [-0.3, -0.25) is 4.99 Å². The maximum absolute atomic E-state index is 6.08. The Balaban J connectivity index is 0.00000338. The molecule has 0 aromatic heterocycles. The molecule has 0 aliphatic heterocycles. The monoisotopic (exact) mass is 469 g/mol. The average molecular weight is 469 g/mol. The molecule has 0 aliphatic carbocycles. The van der Waals surface area contributed by atoms with Crippen LogP contribution in [0.3, 0.4) is 0 Å². The van der Waals surface area contributed by atoms with Gasteiger partial charge < -0.3 is 20.5 Å². The van der Waals surface area contributed by atoms with Crippen LogP contribution in [0.2, 0.25) is 0 Å². The van der Waals surface area contributed by atoms with Crippen LogP contribution < -0.4 is 20.5 Å². The third-order valence-electron chi connectivity index (χ3n) is 4.11. The van der Waals surface area contributed by atoms with Gasteiger partial charge in [0.25, 0.3) is 0 Å². The molecule has 0 fully saturated rings. The van der Waals surface area contributed by atoms with E-state index in [4.69, 9.17) is 15.2 Å². The second-order valence-electron chi connectivity index (χ2n) is 6.65. The molecule has 0 unspecified atom stereocenters. The SMILES string of the molecule is COc1ccc(OC)c(NC(N)=NCC(C)(C)c2cccc(C)c2)c1.I. The Hall–Kier alpha value is -1.96. The molecule has 142 valence electrons. The number of ether oxygens (including phenoxy) is 2. The van der Waals surface area contributed by atoms with Gasteiger partial charge in [0.05, 0.1) is 26.5 Å². The molecule has 0 spiro atoms. The van der Waals surface area contributed by atoms with Crippen molar-refractivity contribution in [2.75, 3.05) is 26.1 Å². The molecular weight excluding hydrogens is 441 g/mol. The predicted molar refractivity (Wildman–Crippen MR) is 119 cm³/mol. The highest BCUT2D eigenvalue weighted by molar-refractivity contribution is 14.0. The van der Waals surface area contributed by atoms with Crippen molar-refractivity contribution in [1.82, 2.24) is 0 Å². The first-order chi connectivity index (χ1) is 11.9. The summed E-state index contributed by atoms with van der Waals surface area (Å²) in [5.41, 5.74) is 9.16. The van der Waals surface area contributed by atoms with E-state index in [1.807, 2.05) is 18.2 Å². The second kappa shape index (κ2) is 9.66. The highest BCUT2D eigenvalue weighted by Gasteiger charge is 2.20. The van der Waals surface area contributed by atoms with Crippen LogP contribution in [-0.4, -0.2) is 26.7 Å². The van der Waals surface area contributed by atoms with Crippen LogP contribution in [0.5, 0.6) is 11.5 Å². The number of rotatable bonds is 6. The van der Waals surface area contributed by atoms with E-state index in [0.717, 1.165) is 11.4 Å². The number of nitrogens with zero attached hydrogens (tertiary/aromatic N) is 1. The van der Waals surface area contributed by atoms with Crippen molar-refractivity contribution < 1.29 is 9.47 Å². The molecule has 0 radical (unpaired) electrons. The number of guanidine groups is 1. The average Bonchev–Trinajstić information content (AvgIpc) is 2.60. The van der Waals surface area contributed by atoms with Crippen LogP contribution in [0.25, 0.3) is 0 Å². The van der Waals surface area contributed by atoms with Crippen molar-refractivity contribution in [3.8, 4) is 11.5 Å².